The van der Waals surface area contributed by atoms with Crippen molar-refractivity contribution in [1.29, 1.82) is 0 Å². The lowest BCUT2D eigenvalue weighted by atomic mass is 10.0. The minimum absolute atomic E-state index is 0.0757. The van der Waals surface area contributed by atoms with Crippen molar-refractivity contribution in [3.8, 4) is 0 Å². The molecule has 0 aliphatic carbocycles. The van der Waals surface area contributed by atoms with E-state index in [1.165, 1.54) is 10.9 Å². The van der Waals surface area contributed by atoms with Crippen LogP contribution in [0.4, 0.5) is 4.39 Å². The highest BCUT2D eigenvalue weighted by molar-refractivity contribution is 9.10. The summed E-state index contributed by atoms with van der Waals surface area (Å²) in [6, 6.07) is 8.91. The van der Waals surface area contributed by atoms with E-state index < -0.39 is 0 Å². The molecule has 96 valence electrons. The van der Waals surface area contributed by atoms with E-state index in [2.05, 4.69) is 21.2 Å². The molecule has 0 radical (unpaired) electrons. The molecule has 0 bridgehead atoms. The minimum Gasteiger partial charge on any atom is -0.313 e. The van der Waals surface area contributed by atoms with Gasteiger partial charge in [-0.15, -0.1) is 11.3 Å². The van der Waals surface area contributed by atoms with E-state index in [0.29, 0.717) is 0 Å². The van der Waals surface area contributed by atoms with Crippen molar-refractivity contribution < 1.29 is 4.39 Å². The second-order valence-electron chi connectivity index (χ2n) is 3.95. The highest BCUT2D eigenvalue weighted by atomic mass is 79.9. The maximum atomic E-state index is 13.4. The number of hydrogen-bond donors (Lipinski definition) is 1. The molecule has 1 aromatic heterocycles. The van der Waals surface area contributed by atoms with Gasteiger partial charge in [0.2, 0.25) is 0 Å². The molecule has 0 aliphatic rings. The minimum atomic E-state index is -0.233. The molecule has 1 heterocycles. The summed E-state index contributed by atoms with van der Waals surface area (Å²) in [4.78, 5) is 1.18. The summed E-state index contributed by atoms with van der Waals surface area (Å²) in [6.45, 7) is 0. The first-order valence-corrected chi connectivity index (χ1v) is 7.44. The Morgan fingerprint density at radius 3 is 2.72 bits per heavy atom. The van der Waals surface area contributed by atoms with E-state index in [-0.39, 0.29) is 11.9 Å². The molecular weight excluding hydrogens is 337 g/mol. The molecule has 0 fully saturated rings. The fraction of sp³-hybridized carbons (Fsp3) is 0.231. The van der Waals surface area contributed by atoms with Crippen molar-refractivity contribution >= 4 is 38.9 Å². The van der Waals surface area contributed by atoms with Crippen LogP contribution in [0.3, 0.4) is 0 Å². The van der Waals surface area contributed by atoms with Crippen LogP contribution in [0, 0.1) is 5.82 Å². The van der Waals surface area contributed by atoms with Gasteiger partial charge in [0.25, 0.3) is 0 Å². The second-order valence-corrected chi connectivity index (χ2v) is 6.67. The largest absolute Gasteiger partial charge is 0.313 e. The molecule has 0 aliphatic heterocycles. The smallest absolute Gasteiger partial charge is 0.124 e. The monoisotopic (exact) mass is 347 g/mol. The van der Waals surface area contributed by atoms with E-state index in [0.717, 1.165) is 20.8 Å². The predicted molar refractivity (Wildman–Crippen MR) is 78.9 cm³/mol. The summed E-state index contributed by atoms with van der Waals surface area (Å²) < 4.78 is 14.9. The van der Waals surface area contributed by atoms with Crippen LogP contribution in [-0.4, -0.2) is 7.05 Å². The number of nitrogens with one attached hydrogen (secondary N) is 1. The van der Waals surface area contributed by atoms with Crippen LogP contribution in [0.2, 0.25) is 4.34 Å². The van der Waals surface area contributed by atoms with Crippen LogP contribution >= 0.6 is 38.9 Å². The van der Waals surface area contributed by atoms with Crippen molar-refractivity contribution in [2.75, 3.05) is 7.05 Å². The fourth-order valence-corrected chi connectivity index (χ4v) is 3.44. The van der Waals surface area contributed by atoms with E-state index >= 15 is 0 Å². The standard InChI is InChI=1S/C13H12BrClFNS/c1-17-12(7-11-2-3-13(15)18-11)8-4-9(14)6-10(16)5-8/h2-6,12,17H,7H2,1H3. The fourth-order valence-electron chi connectivity index (χ4n) is 1.83. The van der Waals surface area contributed by atoms with E-state index in [4.69, 9.17) is 11.6 Å². The van der Waals surface area contributed by atoms with E-state index in [1.54, 1.807) is 17.4 Å². The molecule has 1 nitrogen and oxygen atoms in total. The van der Waals surface area contributed by atoms with Gasteiger partial charge in [-0.1, -0.05) is 27.5 Å². The Labute approximate surface area is 123 Å². The van der Waals surface area contributed by atoms with Crippen molar-refractivity contribution in [2.24, 2.45) is 0 Å². The Kier molecular flexibility index (Phi) is 4.78. The molecule has 1 aromatic carbocycles. The van der Waals surface area contributed by atoms with Crippen LogP contribution in [0.15, 0.2) is 34.8 Å². The van der Waals surface area contributed by atoms with E-state index in [1.807, 2.05) is 25.2 Å². The Morgan fingerprint density at radius 1 is 1.39 bits per heavy atom. The maximum Gasteiger partial charge on any atom is 0.124 e. The summed E-state index contributed by atoms with van der Waals surface area (Å²) in [5.74, 6) is -0.233. The molecule has 0 saturated carbocycles. The summed E-state index contributed by atoms with van der Waals surface area (Å²) in [7, 11) is 1.87. The summed E-state index contributed by atoms with van der Waals surface area (Å²) in [5.41, 5.74) is 0.925. The Hall–Kier alpha value is -0.420. The molecule has 0 amide bonds. The summed E-state index contributed by atoms with van der Waals surface area (Å²) in [6.07, 6.45) is 0.795. The lowest BCUT2D eigenvalue weighted by Crippen LogP contribution is -2.18. The van der Waals surface area contributed by atoms with Crippen LogP contribution < -0.4 is 5.32 Å². The van der Waals surface area contributed by atoms with Crippen molar-refractivity contribution in [3.63, 3.8) is 0 Å². The first kappa shape index (κ1) is 14.0. The lowest BCUT2D eigenvalue weighted by molar-refractivity contribution is 0.580. The molecule has 0 saturated heterocycles. The topological polar surface area (TPSA) is 12.0 Å². The highest BCUT2D eigenvalue weighted by Crippen LogP contribution is 2.28. The molecule has 1 atom stereocenters. The molecule has 5 heteroatoms. The number of hydrogen-bond acceptors (Lipinski definition) is 2. The van der Waals surface area contributed by atoms with Gasteiger partial charge in [0.1, 0.15) is 5.82 Å². The quantitative estimate of drug-likeness (QED) is 0.836. The number of benzene rings is 1. The van der Waals surface area contributed by atoms with Gasteiger partial charge in [-0.3, -0.25) is 0 Å². The van der Waals surface area contributed by atoms with Crippen LogP contribution in [0.1, 0.15) is 16.5 Å². The predicted octanol–water partition coefficient (Wildman–Crippen LogP) is 4.81. The summed E-state index contributed by atoms with van der Waals surface area (Å²) >= 11 is 10.8. The average molecular weight is 349 g/mol. The zero-order valence-corrected chi connectivity index (χ0v) is 12.9. The third kappa shape index (κ3) is 3.54. The van der Waals surface area contributed by atoms with Gasteiger partial charge < -0.3 is 5.32 Å². The SMILES string of the molecule is CNC(Cc1ccc(Cl)s1)c1cc(F)cc(Br)c1. The first-order valence-electron chi connectivity index (χ1n) is 5.46. The van der Waals surface area contributed by atoms with Gasteiger partial charge in [0.05, 0.1) is 4.34 Å². The molecule has 1 unspecified atom stereocenters. The van der Waals surface area contributed by atoms with Crippen molar-refractivity contribution in [1.82, 2.24) is 5.32 Å². The van der Waals surface area contributed by atoms with Gasteiger partial charge in [-0.05, 0) is 42.9 Å². The Balaban J connectivity index is 2.22. The molecular formula is C13H12BrClFNS. The Morgan fingerprint density at radius 2 is 2.17 bits per heavy atom. The summed E-state index contributed by atoms with van der Waals surface area (Å²) in [5, 5.41) is 3.21. The zero-order valence-electron chi connectivity index (χ0n) is 9.71. The number of thiophene rings is 1. The first-order chi connectivity index (χ1) is 8.58. The zero-order chi connectivity index (χ0) is 13.1. The van der Waals surface area contributed by atoms with E-state index in [9.17, 15) is 4.39 Å². The van der Waals surface area contributed by atoms with Crippen LogP contribution in [-0.2, 0) is 6.42 Å². The second kappa shape index (κ2) is 6.15. The number of likely N-dealkylation sites (N-methyl/N-ethyl adjacent to an activating group) is 1. The third-order valence-electron chi connectivity index (χ3n) is 2.67. The van der Waals surface area contributed by atoms with Gasteiger partial charge in [0.15, 0.2) is 0 Å². The van der Waals surface area contributed by atoms with Gasteiger partial charge in [-0.2, -0.15) is 0 Å². The maximum absolute atomic E-state index is 13.4. The molecule has 2 rings (SSSR count). The normalized spacial score (nSPS) is 12.7. The van der Waals surface area contributed by atoms with Gasteiger partial charge in [0, 0.05) is 21.8 Å². The average Bonchev–Trinajstić information content (AvgIpc) is 2.70. The van der Waals surface area contributed by atoms with Crippen molar-refractivity contribution in [2.45, 2.75) is 12.5 Å². The van der Waals surface area contributed by atoms with Crippen LogP contribution in [0.5, 0.6) is 0 Å². The molecule has 1 N–H and O–H groups in total. The number of rotatable bonds is 4. The number of halogens is 3. The molecule has 18 heavy (non-hydrogen) atoms. The van der Waals surface area contributed by atoms with Crippen molar-refractivity contribution in [3.05, 3.63) is 55.4 Å². The molecule has 2 aromatic rings. The van der Waals surface area contributed by atoms with Crippen LogP contribution in [0.25, 0.3) is 0 Å². The van der Waals surface area contributed by atoms with Gasteiger partial charge in [-0.25, -0.2) is 4.39 Å². The lowest BCUT2D eigenvalue weighted by Gasteiger charge is -2.16. The molecule has 0 spiro atoms. The Bertz CT molecular complexity index is 523. The highest BCUT2D eigenvalue weighted by Gasteiger charge is 2.13. The third-order valence-corrected chi connectivity index (χ3v) is 4.38. The van der Waals surface area contributed by atoms with Gasteiger partial charge >= 0.3 is 0 Å².